The lowest BCUT2D eigenvalue weighted by molar-refractivity contribution is -0.384. The van der Waals surface area contributed by atoms with E-state index in [0.717, 1.165) is 12.1 Å². The lowest BCUT2D eigenvalue weighted by Crippen LogP contribution is -2.44. The predicted octanol–water partition coefficient (Wildman–Crippen LogP) is 0.660. The van der Waals surface area contributed by atoms with E-state index in [2.05, 4.69) is 14.8 Å². The highest BCUT2D eigenvalue weighted by molar-refractivity contribution is 7.89. The van der Waals surface area contributed by atoms with Gasteiger partial charge in [-0.1, -0.05) is 13.8 Å². The number of nitro groups is 1. The molecule has 1 aromatic rings. The number of esters is 1. The van der Waals surface area contributed by atoms with Crippen molar-refractivity contribution in [3.63, 3.8) is 0 Å². The topological polar surface area (TPSA) is 128 Å². The first-order chi connectivity index (χ1) is 11.2. The first kappa shape index (κ1) is 20.0. The number of nitro benzene ring substituents is 1. The van der Waals surface area contributed by atoms with E-state index in [-0.39, 0.29) is 29.6 Å². The summed E-state index contributed by atoms with van der Waals surface area (Å²) < 4.78 is 31.2. The zero-order valence-electron chi connectivity index (χ0n) is 13.7. The number of rotatable bonds is 9. The van der Waals surface area contributed by atoms with Crippen LogP contribution in [-0.2, 0) is 19.6 Å². The molecule has 0 fully saturated rings. The van der Waals surface area contributed by atoms with Crippen LogP contribution >= 0.6 is 0 Å². The fraction of sp³-hybridized carbons (Fsp3) is 0.500. The van der Waals surface area contributed by atoms with Gasteiger partial charge < -0.3 is 10.1 Å². The van der Waals surface area contributed by atoms with Crippen LogP contribution in [0.15, 0.2) is 29.2 Å². The molecule has 0 aliphatic heterocycles. The quantitative estimate of drug-likeness (QED) is 0.287. The van der Waals surface area contributed by atoms with Crippen LogP contribution in [0.2, 0.25) is 0 Å². The number of hydrogen-bond donors (Lipinski definition) is 2. The summed E-state index contributed by atoms with van der Waals surface area (Å²) in [6.45, 7) is 3.97. The Balaban J connectivity index is 2.59. The number of non-ortho nitro benzene ring substituents is 1. The number of nitrogens with one attached hydrogen (secondary N) is 2. The summed E-state index contributed by atoms with van der Waals surface area (Å²) in [4.78, 5) is 21.5. The Morgan fingerprint density at radius 1 is 1.25 bits per heavy atom. The Morgan fingerprint density at radius 3 is 2.29 bits per heavy atom. The molecule has 0 saturated heterocycles. The summed E-state index contributed by atoms with van der Waals surface area (Å²) >= 11 is 0. The molecule has 0 spiro atoms. The van der Waals surface area contributed by atoms with Crippen molar-refractivity contribution in [2.24, 2.45) is 5.92 Å². The molecule has 0 bridgehead atoms. The average molecular weight is 359 g/mol. The molecular weight excluding hydrogens is 338 g/mol. The van der Waals surface area contributed by atoms with E-state index in [9.17, 15) is 23.3 Å². The van der Waals surface area contributed by atoms with Crippen molar-refractivity contribution < 1.29 is 22.9 Å². The van der Waals surface area contributed by atoms with Gasteiger partial charge in [0.2, 0.25) is 10.0 Å². The first-order valence-corrected chi connectivity index (χ1v) is 8.72. The molecule has 10 heteroatoms. The molecule has 24 heavy (non-hydrogen) atoms. The van der Waals surface area contributed by atoms with Crippen LogP contribution in [0.3, 0.4) is 0 Å². The predicted molar refractivity (Wildman–Crippen MR) is 86.9 cm³/mol. The van der Waals surface area contributed by atoms with Gasteiger partial charge in [-0.25, -0.2) is 13.1 Å². The van der Waals surface area contributed by atoms with Gasteiger partial charge in [-0.05, 0) is 18.1 Å². The Bertz CT molecular complexity index is 672. The van der Waals surface area contributed by atoms with Gasteiger partial charge >= 0.3 is 5.97 Å². The molecule has 0 aliphatic rings. The maximum atomic E-state index is 12.1. The zero-order valence-corrected chi connectivity index (χ0v) is 14.5. The fourth-order valence-electron chi connectivity index (χ4n) is 1.96. The van der Waals surface area contributed by atoms with E-state index >= 15 is 0 Å². The normalized spacial score (nSPS) is 12.8. The molecule has 0 radical (unpaired) electrons. The Kier molecular flexibility index (Phi) is 7.26. The Hall–Kier alpha value is -2.04. The van der Waals surface area contributed by atoms with Gasteiger partial charge in [-0.2, -0.15) is 0 Å². The number of nitrogens with zero attached hydrogens (tertiary/aromatic N) is 1. The van der Waals surface area contributed by atoms with Gasteiger partial charge in [-0.15, -0.1) is 0 Å². The lowest BCUT2D eigenvalue weighted by Gasteiger charge is -2.19. The number of methoxy groups -OCH3 is 1. The molecule has 1 aromatic carbocycles. The molecule has 0 amide bonds. The maximum Gasteiger partial charge on any atom is 0.323 e. The third-order valence-electron chi connectivity index (χ3n) is 3.26. The molecule has 0 aromatic heterocycles. The van der Waals surface area contributed by atoms with Crippen LogP contribution in [0, 0.1) is 16.0 Å². The number of carbonyl (C=O) groups excluding carboxylic acids is 1. The minimum absolute atomic E-state index is 0.0104. The lowest BCUT2D eigenvalue weighted by atomic mass is 10.1. The van der Waals surface area contributed by atoms with Gasteiger partial charge in [0.1, 0.15) is 6.04 Å². The van der Waals surface area contributed by atoms with E-state index in [4.69, 9.17) is 0 Å². The van der Waals surface area contributed by atoms with Gasteiger partial charge in [0.25, 0.3) is 5.69 Å². The monoisotopic (exact) mass is 359 g/mol. The molecular formula is C14H21N3O6S. The second-order valence-corrected chi connectivity index (χ2v) is 7.11. The van der Waals surface area contributed by atoms with Crippen molar-refractivity contribution >= 4 is 21.7 Å². The van der Waals surface area contributed by atoms with E-state index in [0.29, 0.717) is 0 Å². The van der Waals surface area contributed by atoms with Crippen LogP contribution < -0.4 is 10.0 Å². The second-order valence-electron chi connectivity index (χ2n) is 5.35. The minimum Gasteiger partial charge on any atom is -0.468 e. The van der Waals surface area contributed by atoms with Crippen LogP contribution in [0.25, 0.3) is 0 Å². The van der Waals surface area contributed by atoms with Crippen molar-refractivity contribution in [2.75, 3.05) is 20.2 Å². The molecule has 1 rings (SSSR count). The number of carbonyl (C=O) groups is 1. The molecule has 1 atom stereocenters. The minimum atomic E-state index is -3.78. The van der Waals surface area contributed by atoms with Gasteiger partial charge in [-0.3, -0.25) is 14.9 Å². The van der Waals surface area contributed by atoms with E-state index in [1.165, 1.54) is 19.2 Å². The number of benzene rings is 1. The standard InChI is InChI=1S/C14H21N3O6S/c1-10(2)13(14(18)23-3)15-8-9-16-24(21,22)12-6-4-11(5-7-12)17(19)20/h4-7,10,13,15-16H,8-9H2,1-3H3/t13-/m1/s1. The number of hydrogen-bond acceptors (Lipinski definition) is 7. The van der Waals surface area contributed by atoms with Gasteiger partial charge in [0.15, 0.2) is 0 Å². The largest absolute Gasteiger partial charge is 0.468 e. The average Bonchev–Trinajstić information content (AvgIpc) is 2.53. The summed E-state index contributed by atoms with van der Waals surface area (Å²) in [7, 11) is -2.49. The summed E-state index contributed by atoms with van der Waals surface area (Å²) in [6.07, 6.45) is 0. The summed E-state index contributed by atoms with van der Waals surface area (Å²) in [5.74, 6) is -0.424. The fourth-order valence-corrected chi connectivity index (χ4v) is 2.99. The zero-order chi connectivity index (χ0) is 18.3. The third kappa shape index (κ3) is 5.55. The number of ether oxygens (including phenoxy) is 1. The first-order valence-electron chi connectivity index (χ1n) is 7.24. The highest BCUT2D eigenvalue weighted by Crippen LogP contribution is 2.15. The molecule has 2 N–H and O–H groups in total. The van der Waals surface area contributed by atoms with Crippen molar-refractivity contribution in [3.05, 3.63) is 34.4 Å². The van der Waals surface area contributed by atoms with Crippen LogP contribution in [0.5, 0.6) is 0 Å². The summed E-state index contributed by atoms with van der Waals surface area (Å²) in [5, 5.41) is 13.5. The van der Waals surface area contributed by atoms with Crippen LogP contribution in [0.4, 0.5) is 5.69 Å². The van der Waals surface area contributed by atoms with Crippen LogP contribution in [0.1, 0.15) is 13.8 Å². The molecule has 0 heterocycles. The highest BCUT2D eigenvalue weighted by atomic mass is 32.2. The van der Waals surface area contributed by atoms with Gasteiger partial charge in [0, 0.05) is 25.2 Å². The van der Waals surface area contributed by atoms with Crippen molar-refractivity contribution in [1.82, 2.24) is 10.0 Å². The van der Waals surface area contributed by atoms with Crippen molar-refractivity contribution in [2.45, 2.75) is 24.8 Å². The molecule has 0 aliphatic carbocycles. The highest BCUT2D eigenvalue weighted by Gasteiger charge is 2.22. The van der Waals surface area contributed by atoms with Crippen molar-refractivity contribution in [3.8, 4) is 0 Å². The molecule has 0 saturated carbocycles. The summed E-state index contributed by atoms with van der Waals surface area (Å²) in [5.41, 5.74) is -0.187. The van der Waals surface area contributed by atoms with Crippen molar-refractivity contribution in [1.29, 1.82) is 0 Å². The molecule has 9 nitrogen and oxygen atoms in total. The van der Waals surface area contributed by atoms with E-state index in [1.54, 1.807) is 0 Å². The maximum absolute atomic E-state index is 12.1. The number of sulfonamides is 1. The smallest absolute Gasteiger partial charge is 0.323 e. The van der Waals surface area contributed by atoms with E-state index < -0.39 is 27.0 Å². The Labute approximate surface area is 140 Å². The van der Waals surface area contributed by atoms with Gasteiger partial charge in [0.05, 0.1) is 16.9 Å². The molecule has 134 valence electrons. The molecule has 0 unspecified atom stereocenters. The Morgan fingerprint density at radius 2 is 1.83 bits per heavy atom. The SMILES string of the molecule is COC(=O)[C@H](NCCNS(=O)(=O)c1ccc([N+](=O)[O-])cc1)C(C)C. The second kappa shape index (κ2) is 8.71. The van der Waals surface area contributed by atoms with Crippen LogP contribution in [-0.4, -0.2) is 45.6 Å². The summed E-state index contributed by atoms with van der Waals surface area (Å²) in [6, 6.07) is 4.05. The third-order valence-corrected chi connectivity index (χ3v) is 4.74. The van der Waals surface area contributed by atoms with E-state index in [1.807, 2.05) is 13.8 Å².